The number of carboxylic acid groups (broad SMARTS) is 1. The predicted octanol–water partition coefficient (Wildman–Crippen LogP) is 4.42. The van der Waals surface area contributed by atoms with Crippen LogP contribution >= 0.6 is 0 Å². The molecule has 3 aromatic rings. The van der Waals surface area contributed by atoms with Crippen molar-refractivity contribution in [1.82, 2.24) is 19.9 Å². The maximum Gasteiger partial charge on any atom is 0.306 e. The number of nitrogens with zero attached hydrogens (tertiary/aromatic N) is 4. The first kappa shape index (κ1) is 23.5. The van der Waals surface area contributed by atoms with Crippen LogP contribution < -0.4 is 4.74 Å². The van der Waals surface area contributed by atoms with Crippen LogP contribution in [-0.4, -0.2) is 49.8 Å². The van der Waals surface area contributed by atoms with Crippen LogP contribution in [0.4, 0.5) is 0 Å². The molecule has 1 N–H and O–H groups in total. The van der Waals surface area contributed by atoms with Crippen molar-refractivity contribution >= 4 is 5.97 Å². The zero-order valence-electron chi connectivity index (χ0n) is 20.2. The highest BCUT2D eigenvalue weighted by Crippen LogP contribution is 2.35. The molecule has 1 saturated heterocycles. The van der Waals surface area contributed by atoms with Gasteiger partial charge < -0.3 is 14.6 Å². The normalized spacial score (nSPS) is 25.0. The molecule has 0 bridgehead atoms. The van der Waals surface area contributed by atoms with Crippen molar-refractivity contribution in [3.05, 3.63) is 65.9 Å². The molecule has 8 nitrogen and oxygen atoms in total. The molecule has 0 amide bonds. The third-order valence-electron chi connectivity index (χ3n) is 7.09. The van der Waals surface area contributed by atoms with Crippen molar-refractivity contribution in [2.24, 2.45) is 13.0 Å². The van der Waals surface area contributed by atoms with Crippen LogP contribution in [0.3, 0.4) is 0 Å². The van der Waals surface area contributed by atoms with Crippen LogP contribution in [0.15, 0.2) is 54.6 Å². The van der Waals surface area contributed by atoms with Gasteiger partial charge in [-0.3, -0.25) is 9.69 Å². The van der Waals surface area contributed by atoms with E-state index in [1.807, 2.05) is 37.4 Å². The molecule has 2 aliphatic rings. The molecule has 1 saturated carbocycles. The SMILES string of the molecule is CC1OC(c2c(-c3ccc(O[C@H]4CCC[C@H](C(=O)O)C4)cc3)nnn2C)CN1Cc1ccccc1. The summed E-state index contributed by atoms with van der Waals surface area (Å²) < 4.78 is 14.3. The van der Waals surface area contributed by atoms with Gasteiger partial charge in [0.1, 0.15) is 23.8 Å². The van der Waals surface area contributed by atoms with E-state index in [9.17, 15) is 9.90 Å². The van der Waals surface area contributed by atoms with E-state index in [2.05, 4.69) is 46.4 Å². The average molecular weight is 477 g/mol. The third kappa shape index (κ3) is 5.23. The first-order valence-electron chi connectivity index (χ1n) is 12.3. The molecular formula is C27H32N4O4. The molecule has 2 fully saturated rings. The number of ether oxygens (including phenoxy) is 2. The van der Waals surface area contributed by atoms with Gasteiger partial charge in [0.25, 0.3) is 0 Å². The fourth-order valence-electron chi connectivity index (χ4n) is 5.18. The molecular weight excluding hydrogens is 444 g/mol. The summed E-state index contributed by atoms with van der Waals surface area (Å²) in [5.74, 6) is -0.296. The van der Waals surface area contributed by atoms with Crippen LogP contribution in [-0.2, 0) is 23.1 Å². The number of carboxylic acids is 1. The van der Waals surface area contributed by atoms with Gasteiger partial charge >= 0.3 is 5.97 Å². The maximum absolute atomic E-state index is 11.3. The predicted molar refractivity (Wildman–Crippen MR) is 131 cm³/mol. The quantitative estimate of drug-likeness (QED) is 0.540. The molecule has 1 aromatic heterocycles. The lowest BCUT2D eigenvalue weighted by Gasteiger charge is -2.27. The Hall–Kier alpha value is -3.23. The van der Waals surface area contributed by atoms with Crippen molar-refractivity contribution in [2.45, 2.75) is 57.6 Å². The Labute approximate surface area is 205 Å². The van der Waals surface area contributed by atoms with Gasteiger partial charge in [0.05, 0.1) is 17.7 Å². The van der Waals surface area contributed by atoms with Crippen LogP contribution in [0, 0.1) is 5.92 Å². The molecule has 1 aliphatic heterocycles. The Kier molecular flexibility index (Phi) is 6.83. The molecule has 1 aliphatic carbocycles. The second kappa shape index (κ2) is 10.2. The van der Waals surface area contributed by atoms with E-state index in [0.29, 0.717) is 6.42 Å². The van der Waals surface area contributed by atoms with Crippen molar-refractivity contribution in [2.75, 3.05) is 6.54 Å². The third-order valence-corrected chi connectivity index (χ3v) is 7.09. The molecule has 2 aromatic carbocycles. The lowest BCUT2D eigenvalue weighted by Crippen LogP contribution is -2.29. The fourth-order valence-corrected chi connectivity index (χ4v) is 5.18. The van der Waals surface area contributed by atoms with Crippen molar-refractivity contribution < 1.29 is 19.4 Å². The van der Waals surface area contributed by atoms with Crippen molar-refractivity contribution in [3.63, 3.8) is 0 Å². The molecule has 0 spiro atoms. The Morgan fingerprint density at radius 1 is 1.14 bits per heavy atom. The van der Waals surface area contributed by atoms with Gasteiger partial charge in [-0.25, -0.2) is 4.68 Å². The first-order valence-corrected chi connectivity index (χ1v) is 12.3. The summed E-state index contributed by atoms with van der Waals surface area (Å²) in [5.41, 5.74) is 3.97. The minimum atomic E-state index is -0.727. The topological polar surface area (TPSA) is 89.7 Å². The standard InChI is InChI=1S/C27H32N4O4/c1-18-31(16-19-7-4-3-5-8-19)17-24(34-18)26-25(28-29-30(26)2)20-11-13-22(14-12-20)35-23-10-6-9-21(15-23)27(32)33/h3-5,7-8,11-14,18,21,23-24H,6,9-10,15-17H2,1-2H3,(H,32,33)/t18?,21-,23-,24?/m0/s1. The summed E-state index contributed by atoms with van der Waals surface area (Å²) in [6.07, 6.45) is 2.85. The molecule has 184 valence electrons. The van der Waals surface area contributed by atoms with Crippen molar-refractivity contribution in [3.8, 4) is 17.0 Å². The monoisotopic (exact) mass is 476 g/mol. The summed E-state index contributed by atoms with van der Waals surface area (Å²) in [7, 11) is 1.90. The number of aryl methyl sites for hydroxylation is 1. The van der Waals surface area contributed by atoms with Crippen LogP contribution in [0.1, 0.15) is 50.0 Å². The second-order valence-corrected chi connectivity index (χ2v) is 9.55. The highest BCUT2D eigenvalue weighted by molar-refractivity contribution is 5.70. The smallest absolute Gasteiger partial charge is 0.306 e. The fraction of sp³-hybridized carbons (Fsp3) is 0.444. The molecule has 2 unspecified atom stereocenters. The molecule has 4 atom stereocenters. The van der Waals surface area contributed by atoms with Crippen LogP contribution in [0.2, 0.25) is 0 Å². The minimum absolute atomic E-state index is 0.0103. The van der Waals surface area contributed by atoms with E-state index >= 15 is 0 Å². The number of aliphatic carboxylic acids is 1. The van der Waals surface area contributed by atoms with Gasteiger partial charge in [-0.2, -0.15) is 0 Å². The number of hydrogen-bond donors (Lipinski definition) is 1. The van der Waals surface area contributed by atoms with Gasteiger partial charge in [-0.15, -0.1) is 5.10 Å². The largest absolute Gasteiger partial charge is 0.490 e. The summed E-state index contributed by atoms with van der Waals surface area (Å²) in [6, 6.07) is 18.2. The summed E-state index contributed by atoms with van der Waals surface area (Å²) >= 11 is 0. The highest BCUT2D eigenvalue weighted by atomic mass is 16.5. The van der Waals surface area contributed by atoms with Gasteiger partial charge in [0.15, 0.2) is 0 Å². The van der Waals surface area contributed by atoms with Crippen molar-refractivity contribution in [1.29, 1.82) is 0 Å². The Morgan fingerprint density at radius 3 is 2.66 bits per heavy atom. The minimum Gasteiger partial charge on any atom is -0.490 e. The number of benzene rings is 2. The van der Waals surface area contributed by atoms with Gasteiger partial charge in [0.2, 0.25) is 0 Å². The van der Waals surface area contributed by atoms with Gasteiger partial charge in [0, 0.05) is 25.7 Å². The maximum atomic E-state index is 11.3. The number of carbonyl (C=O) groups is 1. The molecule has 8 heteroatoms. The van der Waals surface area contributed by atoms with E-state index in [-0.39, 0.29) is 24.4 Å². The summed E-state index contributed by atoms with van der Waals surface area (Å²) in [6.45, 7) is 3.67. The van der Waals surface area contributed by atoms with E-state index in [1.165, 1.54) is 5.56 Å². The van der Waals surface area contributed by atoms with E-state index in [4.69, 9.17) is 9.47 Å². The summed E-state index contributed by atoms with van der Waals surface area (Å²) in [4.78, 5) is 13.7. The first-order chi connectivity index (χ1) is 17.0. The van der Waals surface area contributed by atoms with Gasteiger partial charge in [-0.1, -0.05) is 35.5 Å². The number of aromatic nitrogens is 3. The lowest BCUT2D eigenvalue weighted by molar-refractivity contribution is -0.143. The van der Waals surface area contributed by atoms with Crippen LogP contribution in [0.25, 0.3) is 11.3 Å². The molecule has 35 heavy (non-hydrogen) atoms. The Balaban J connectivity index is 1.28. The zero-order chi connectivity index (χ0) is 24.4. The highest BCUT2D eigenvalue weighted by Gasteiger charge is 2.35. The van der Waals surface area contributed by atoms with Gasteiger partial charge in [-0.05, 0) is 62.4 Å². The Bertz CT molecular complexity index is 1150. The zero-order valence-corrected chi connectivity index (χ0v) is 20.2. The molecule has 0 radical (unpaired) electrons. The number of rotatable bonds is 7. The van der Waals surface area contributed by atoms with E-state index in [1.54, 1.807) is 4.68 Å². The molecule has 2 heterocycles. The molecule has 5 rings (SSSR count). The number of hydrogen-bond acceptors (Lipinski definition) is 6. The second-order valence-electron chi connectivity index (χ2n) is 9.55. The summed E-state index contributed by atoms with van der Waals surface area (Å²) in [5, 5.41) is 18.1. The Morgan fingerprint density at radius 2 is 1.91 bits per heavy atom. The average Bonchev–Trinajstić information content (AvgIpc) is 3.42. The van der Waals surface area contributed by atoms with E-state index < -0.39 is 5.97 Å². The van der Waals surface area contributed by atoms with E-state index in [0.717, 1.165) is 55.1 Å². The lowest BCUT2D eigenvalue weighted by atomic mass is 9.87. The van der Waals surface area contributed by atoms with Crippen LogP contribution in [0.5, 0.6) is 5.75 Å².